The van der Waals surface area contributed by atoms with E-state index in [1.807, 2.05) is 26.8 Å². The number of nitrogens with two attached hydrogens (primary N) is 1. The molecule has 0 bridgehead atoms. The van der Waals surface area contributed by atoms with Crippen molar-refractivity contribution in [3.8, 4) is 23.0 Å². The van der Waals surface area contributed by atoms with E-state index >= 15 is 0 Å². The average Bonchev–Trinajstić information content (AvgIpc) is 2.69. The van der Waals surface area contributed by atoms with Gasteiger partial charge in [-0.15, -0.1) is 0 Å². The third kappa shape index (κ3) is 4.14. The first-order valence-electron chi connectivity index (χ1n) is 9.78. The van der Waals surface area contributed by atoms with E-state index in [-0.39, 0.29) is 6.04 Å². The molecule has 1 aliphatic heterocycles. The fourth-order valence-corrected chi connectivity index (χ4v) is 3.66. The molecule has 146 valence electrons. The minimum atomic E-state index is 0.202. The van der Waals surface area contributed by atoms with E-state index in [0.29, 0.717) is 19.8 Å². The van der Waals surface area contributed by atoms with Crippen LogP contribution in [0.2, 0.25) is 0 Å². The molecule has 5 nitrogen and oxygen atoms in total. The van der Waals surface area contributed by atoms with Gasteiger partial charge in [-0.3, -0.25) is 0 Å². The van der Waals surface area contributed by atoms with Crippen molar-refractivity contribution >= 4 is 0 Å². The van der Waals surface area contributed by atoms with Gasteiger partial charge in [0.05, 0.1) is 33.5 Å². The van der Waals surface area contributed by atoms with E-state index in [4.69, 9.17) is 18.9 Å². The van der Waals surface area contributed by atoms with E-state index in [1.54, 1.807) is 7.11 Å². The van der Waals surface area contributed by atoms with Crippen LogP contribution < -0.4 is 24.3 Å². The van der Waals surface area contributed by atoms with Gasteiger partial charge in [0.25, 0.3) is 0 Å². The zero-order chi connectivity index (χ0) is 19.2. The lowest BCUT2D eigenvalue weighted by molar-refractivity contribution is -0.690. The predicted octanol–water partition coefficient (Wildman–Crippen LogP) is 3.10. The highest BCUT2D eigenvalue weighted by atomic mass is 16.5. The Morgan fingerprint density at radius 2 is 1.52 bits per heavy atom. The van der Waals surface area contributed by atoms with Gasteiger partial charge in [-0.25, -0.2) is 0 Å². The summed E-state index contributed by atoms with van der Waals surface area (Å²) in [5.41, 5.74) is 3.80. The van der Waals surface area contributed by atoms with Crippen molar-refractivity contribution in [2.75, 3.05) is 33.5 Å². The molecule has 27 heavy (non-hydrogen) atoms. The molecule has 0 radical (unpaired) electrons. The Hall–Kier alpha value is -2.40. The quantitative estimate of drug-likeness (QED) is 0.774. The van der Waals surface area contributed by atoms with Crippen molar-refractivity contribution in [1.29, 1.82) is 0 Å². The van der Waals surface area contributed by atoms with Gasteiger partial charge in [0.2, 0.25) is 0 Å². The number of rotatable bonds is 8. The molecule has 0 unspecified atom stereocenters. The lowest BCUT2D eigenvalue weighted by Crippen LogP contribution is -2.87. The molecule has 1 aliphatic rings. The first-order chi connectivity index (χ1) is 13.2. The van der Waals surface area contributed by atoms with Gasteiger partial charge in [-0.1, -0.05) is 0 Å². The summed E-state index contributed by atoms with van der Waals surface area (Å²) in [6.45, 7) is 8.87. The number of hydrogen-bond donors (Lipinski definition) is 1. The van der Waals surface area contributed by atoms with E-state index in [9.17, 15) is 0 Å². The number of benzene rings is 2. The molecule has 3 rings (SSSR count). The van der Waals surface area contributed by atoms with Crippen LogP contribution in [0.15, 0.2) is 30.3 Å². The molecule has 2 aromatic rings. The zero-order valence-corrected chi connectivity index (χ0v) is 16.7. The molecule has 0 spiro atoms. The molecular weight excluding hydrogens is 342 g/mol. The van der Waals surface area contributed by atoms with E-state index in [2.05, 4.69) is 29.6 Å². The molecule has 0 amide bonds. The smallest absolute Gasteiger partial charge is 0.161 e. The van der Waals surface area contributed by atoms with Gasteiger partial charge in [0.15, 0.2) is 23.0 Å². The molecule has 0 aromatic heterocycles. The second-order valence-electron chi connectivity index (χ2n) is 6.46. The lowest BCUT2D eigenvalue weighted by Gasteiger charge is -2.26. The summed E-state index contributed by atoms with van der Waals surface area (Å²) in [7, 11) is 1.68. The number of fused-ring (bicyclic) bond motifs is 1. The maximum atomic E-state index is 5.85. The Kier molecular flexibility index (Phi) is 6.45. The van der Waals surface area contributed by atoms with E-state index < -0.39 is 0 Å². The monoisotopic (exact) mass is 372 g/mol. The third-order valence-electron chi connectivity index (χ3n) is 4.80. The van der Waals surface area contributed by atoms with Crippen LogP contribution in [0.4, 0.5) is 0 Å². The van der Waals surface area contributed by atoms with Crippen molar-refractivity contribution in [3.63, 3.8) is 0 Å². The summed E-state index contributed by atoms with van der Waals surface area (Å²) in [6, 6.07) is 10.7. The zero-order valence-electron chi connectivity index (χ0n) is 16.7. The van der Waals surface area contributed by atoms with Crippen LogP contribution in [-0.4, -0.2) is 33.5 Å². The minimum Gasteiger partial charge on any atom is -0.493 e. The van der Waals surface area contributed by atoms with Gasteiger partial charge in [-0.2, -0.15) is 0 Å². The van der Waals surface area contributed by atoms with Crippen molar-refractivity contribution in [2.45, 2.75) is 33.2 Å². The topological polar surface area (TPSA) is 53.5 Å². The summed E-state index contributed by atoms with van der Waals surface area (Å²) < 4.78 is 22.9. The Morgan fingerprint density at radius 1 is 0.852 bits per heavy atom. The van der Waals surface area contributed by atoms with Crippen LogP contribution in [0.25, 0.3) is 0 Å². The van der Waals surface area contributed by atoms with Crippen molar-refractivity contribution in [3.05, 3.63) is 47.0 Å². The fourth-order valence-electron chi connectivity index (χ4n) is 3.66. The second-order valence-corrected chi connectivity index (χ2v) is 6.46. The summed E-state index contributed by atoms with van der Waals surface area (Å²) in [4.78, 5) is 0. The molecule has 0 fully saturated rings. The first kappa shape index (κ1) is 19.4. The van der Waals surface area contributed by atoms with Crippen LogP contribution in [-0.2, 0) is 6.42 Å². The van der Waals surface area contributed by atoms with Crippen LogP contribution in [0.5, 0.6) is 23.0 Å². The van der Waals surface area contributed by atoms with Crippen LogP contribution >= 0.6 is 0 Å². The first-order valence-corrected chi connectivity index (χ1v) is 9.78. The molecule has 2 N–H and O–H groups in total. The minimum absolute atomic E-state index is 0.202. The number of quaternary nitrogens is 1. The van der Waals surface area contributed by atoms with Crippen LogP contribution in [0.3, 0.4) is 0 Å². The van der Waals surface area contributed by atoms with Crippen molar-refractivity contribution in [1.82, 2.24) is 0 Å². The highest BCUT2D eigenvalue weighted by molar-refractivity contribution is 5.52. The molecule has 2 aromatic carbocycles. The van der Waals surface area contributed by atoms with E-state index in [0.717, 1.165) is 36.0 Å². The SMILES string of the molecule is CCOc1ccc([C@@H]2[NH2+]CCc3cc(OCC)c(OCC)cc32)cc1OC. The molecule has 0 saturated carbocycles. The summed E-state index contributed by atoms with van der Waals surface area (Å²) >= 11 is 0. The molecular formula is C22H30NO4+. The van der Waals surface area contributed by atoms with Gasteiger partial charge in [-0.05, 0) is 56.7 Å². The largest absolute Gasteiger partial charge is 0.493 e. The standard InChI is InChI=1S/C22H29NO4/c1-5-25-18-9-8-16(13-19(18)24-4)22-17-14-21(27-7-3)20(26-6-2)12-15(17)10-11-23-22/h8-9,12-14,22-23H,5-7,10-11H2,1-4H3/p+1/t22-/m0/s1. The summed E-state index contributed by atoms with van der Waals surface area (Å²) in [6.07, 6.45) is 1.02. The van der Waals surface area contributed by atoms with Gasteiger partial charge in [0, 0.05) is 17.5 Å². The third-order valence-corrected chi connectivity index (χ3v) is 4.80. The maximum Gasteiger partial charge on any atom is 0.161 e. The molecule has 0 aliphatic carbocycles. The fraction of sp³-hybridized carbons (Fsp3) is 0.455. The van der Waals surface area contributed by atoms with Crippen LogP contribution in [0.1, 0.15) is 43.5 Å². The second kappa shape index (κ2) is 9.00. The average molecular weight is 372 g/mol. The summed E-state index contributed by atoms with van der Waals surface area (Å²) in [5.74, 6) is 3.20. The Labute approximate surface area is 161 Å². The molecule has 5 heteroatoms. The van der Waals surface area contributed by atoms with Crippen molar-refractivity contribution in [2.24, 2.45) is 0 Å². The number of hydrogen-bond acceptors (Lipinski definition) is 4. The van der Waals surface area contributed by atoms with Crippen LogP contribution in [0, 0.1) is 0 Å². The van der Waals surface area contributed by atoms with Crippen molar-refractivity contribution < 1.29 is 24.3 Å². The van der Waals surface area contributed by atoms with E-state index in [1.165, 1.54) is 16.7 Å². The lowest BCUT2D eigenvalue weighted by atomic mass is 9.89. The molecule has 1 atom stereocenters. The normalized spacial score (nSPS) is 15.8. The Bertz CT molecular complexity index is 775. The van der Waals surface area contributed by atoms with Gasteiger partial charge < -0.3 is 24.3 Å². The Morgan fingerprint density at radius 3 is 2.19 bits per heavy atom. The number of methoxy groups -OCH3 is 1. The summed E-state index contributed by atoms with van der Waals surface area (Å²) in [5, 5.41) is 2.37. The number of ether oxygens (including phenoxy) is 4. The predicted molar refractivity (Wildman–Crippen MR) is 105 cm³/mol. The van der Waals surface area contributed by atoms with Gasteiger partial charge in [0.1, 0.15) is 6.04 Å². The maximum absolute atomic E-state index is 5.85. The Balaban J connectivity index is 2.01. The van der Waals surface area contributed by atoms with Gasteiger partial charge >= 0.3 is 0 Å². The molecule has 1 heterocycles. The molecule has 0 saturated heterocycles. The highest BCUT2D eigenvalue weighted by Gasteiger charge is 2.28. The highest BCUT2D eigenvalue weighted by Crippen LogP contribution is 2.38.